The van der Waals surface area contributed by atoms with Gasteiger partial charge >= 0.3 is 0 Å². The third kappa shape index (κ3) is 3.90. The summed E-state index contributed by atoms with van der Waals surface area (Å²) in [7, 11) is 0. The zero-order chi connectivity index (χ0) is 12.2. The average molecular weight is 226 g/mol. The molecule has 5 nitrogen and oxygen atoms in total. The van der Waals surface area contributed by atoms with Gasteiger partial charge in [-0.1, -0.05) is 12.1 Å². The van der Waals surface area contributed by atoms with Gasteiger partial charge in [-0.25, -0.2) is 4.68 Å². The maximum absolute atomic E-state index is 9.37. The minimum Gasteiger partial charge on any atom is -0.392 e. The maximum Gasteiger partial charge on any atom is 0.0965 e. The minimum atomic E-state index is -0.280. The van der Waals surface area contributed by atoms with Crippen LogP contribution in [0.4, 0.5) is 0 Å². The van der Waals surface area contributed by atoms with E-state index in [-0.39, 0.29) is 11.6 Å². The van der Waals surface area contributed by atoms with Crippen LogP contribution < -0.4 is 5.32 Å². The Balaban J connectivity index is 2.41. The summed E-state index contributed by atoms with van der Waals surface area (Å²) in [6.07, 6.45) is 2.42. The Morgan fingerprint density at radius 1 is 1.50 bits per heavy atom. The first kappa shape index (κ1) is 13.1. The van der Waals surface area contributed by atoms with Crippen molar-refractivity contribution in [2.24, 2.45) is 0 Å². The molecule has 16 heavy (non-hydrogen) atoms. The molecule has 1 aromatic heterocycles. The predicted octanol–water partition coefficient (Wildman–Crippen LogP) is 0.894. The molecule has 0 amide bonds. The first-order valence-corrected chi connectivity index (χ1v) is 5.74. The number of aliphatic hydroxyl groups is 1. The Morgan fingerprint density at radius 2 is 2.19 bits per heavy atom. The molecule has 0 saturated carbocycles. The number of aliphatic hydroxyl groups excluding tert-OH is 1. The molecule has 92 valence electrons. The fourth-order valence-electron chi connectivity index (χ4n) is 1.22. The van der Waals surface area contributed by atoms with Crippen molar-refractivity contribution < 1.29 is 5.11 Å². The van der Waals surface area contributed by atoms with Crippen molar-refractivity contribution in [1.29, 1.82) is 0 Å². The quantitative estimate of drug-likeness (QED) is 0.783. The smallest absolute Gasteiger partial charge is 0.0965 e. The van der Waals surface area contributed by atoms with Crippen LogP contribution in [0.2, 0.25) is 0 Å². The van der Waals surface area contributed by atoms with E-state index >= 15 is 0 Å². The molecule has 1 rings (SSSR count). The summed E-state index contributed by atoms with van der Waals surface area (Å²) in [6, 6.07) is 0. The second-order valence-electron chi connectivity index (χ2n) is 5.02. The lowest BCUT2D eigenvalue weighted by Gasteiger charge is -2.17. The summed E-state index contributed by atoms with van der Waals surface area (Å²) in [6.45, 7) is 9.45. The van der Waals surface area contributed by atoms with Crippen molar-refractivity contribution in [2.75, 3.05) is 6.54 Å². The van der Waals surface area contributed by atoms with Gasteiger partial charge in [0, 0.05) is 13.1 Å². The van der Waals surface area contributed by atoms with Crippen LogP contribution >= 0.6 is 0 Å². The monoisotopic (exact) mass is 226 g/mol. The van der Waals surface area contributed by atoms with Crippen LogP contribution in [0.15, 0.2) is 6.20 Å². The number of nitrogens with zero attached hydrogens (tertiary/aromatic N) is 3. The fourth-order valence-corrected chi connectivity index (χ4v) is 1.22. The molecule has 0 spiro atoms. The largest absolute Gasteiger partial charge is 0.392 e. The van der Waals surface area contributed by atoms with E-state index in [0.717, 1.165) is 12.1 Å². The van der Waals surface area contributed by atoms with Crippen molar-refractivity contribution in [3.63, 3.8) is 0 Å². The third-order valence-electron chi connectivity index (χ3n) is 2.39. The van der Waals surface area contributed by atoms with Crippen molar-refractivity contribution in [2.45, 2.75) is 52.3 Å². The van der Waals surface area contributed by atoms with Gasteiger partial charge in [-0.3, -0.25) is 0 Å². The van der Waals surface area contributed by atoms with E-state index in [9.17, 15) is 5.11 Å². The maximum atomic E-state index is 9.37. The molecule has 1 aromatic rings. The van der Waals surface area contributed by atoms with Crippen molar-refractivity contribution in [3.8, 4) is 0 Å². The molecule has 1 heterocycles. The number of aromatic nitrogens is 3. The Hall–Kier alpha value is -0.940. The molecular weight excluding hydrogens is 204 g/mol. The van der Waals surface area contributed by atoms with Gasteiger partial charge in [0.15, 0.2) is 0 Å². The van der Waals surface area contributed by atoms with Crippen LogP contribution in [-0.4, -0.2) is 32.7 Å². The fraction of sp³-hybridized carbons (Fsp3) is 0.818. The van der Waals surface area contributed by atoms with Gasteiger partial charge in [0.05, 0.1) is 23.5 Å². The molecular formula is C11H22N4O. The van der Waals surface area contributed by atoms with Gasteiger partial charge < -0.3 is 10.4 Å². The standard InChI is InChI=1S/C11H22N4O/c1-5-10(16)7-12-6-9-8-15(14-13-9)11(2,3)4/h8,10,12,16H,5-7H2,1-4H3. The van der Waals surface area contributed by atoms with E-state index < -0.39 is 0 Å². The lowest BCUT2D eigenvalue weighted by atomic mass is 10.1. The van der Waals surface area contributed by atoms with E-state index in [4.69, 9.17) is 0 Å². The molecule has 0 radical (unpaired) electrons. The predicted molar refractivity (Wildman–Crippen MR) is 63.0 cm³/mol. The Bertz CT molecular complexity index is 316. The highest BCUT2D eigenvalue weighted by atomic mass is 16.3. The van der Waals surface area contributed by atoms with Crippen molar-refractivity contribution in [1.82, 2.24) is 20.3 Å². The molecule has 0 aliphatic heterocycles. The van der Waals surface area contributed by atoms with Gasteiger partial charge in [0.2, 0.25) is 0 Å². The Labute approximate surface area is 96.9 Å². The van der Waals surface area contributed by atoms with E-state index in [1.807, 2.05) is 17.8 Å². The van der Waals surface area contributed by atoms with Crippen LogP contribution in [0, 0.1) is 0 Å². The zero-order valence-corrected chi connectivity index (χ0v) is 10.6. The second kappa shape index (κ2) is 5.41. The highest BCUT2D eigenvalue weighted by molar-refractivity contribution is 4.94. The topological polar surface area (TPSA) is 63.0 Å². The Morgan fingerprint density at radius 3 is 2.69 bits per heavy atom. The number of rotatable bonds is 5. The van der Waals surface area contributed by atoms with Crippen LogP contribution in [0.3, 0.4) is 0 Å². The van der Waals surface area contributed by atoms with Crippen LogP contribution in [-0.2, 0) is 12.1 Å². The second-order valence-corrected chi connectivity index (χ2v) is 5.02. The van der Waals surface area contributed by atoms with Gasteiger partial charge in [0.1, 0.15) is 0 Å². The first-order chi connectivity index (χ1) is 7.43. The molecule has 5 heteroatoms. The summed E-state index contributed by atoms with van der Waals surface area (Å²) < 4.78 is 1.85. The number of hydrogen-bond acceptors (Lipinski definition) is 4. The lowest BCUT2D eigenvalue weighted by molar-refractivity contribution is 0.167. The average Bonchev–Trinajstić information content (AvgIpc) is 2.65. The molecule has 0 fully saturated rings. The SMILES string of the molecule is CCC(O)CNCc1cn(C(C)(C)C)nn1. The number of hydrogen-bond donors (Lipinski definition) is 2. The zero-order valence-electron chi connectivity index (χ0n) is 10.6. The van der Waals surface area contributed by atoms with Gasteiger partial charge in [0.25, 0.3) is 0 Å². The van der Waals surface area contributed by atoms with Crippen LogP contribution in [0.1, 0.15) is 39.8 Å². The van der Waals surface area contributed by atoms with Crippen LogP contribution in [0.5, 0.6) is 0 Å². The van der Waals surface area contributed by atoms with E-state index in [0.29, 0.717) is 13.1 Å². The van der Waals surface area contributed by atoms with E-state index in [1.54, 1.807) is 0 Å². The summed E-state index contributed by atoms with van der Waals surface area (Å²) in [5.41, 5.74) is 0.868. The van der Waals surface area contributed by atoms with E-state index in [1.165, 1.54) is 0 Å². The van der Waals surface area contributed by atoms with Gasteiger partial charge in [-0.15, -0.1) is 5.10 Å². The minimum absolute atomic E-state index is 0.0335. The normalized spacial score (nSPS) is 14.1. The van der Waals surface area contributed by atoms with Crippen LogP contribution in [0.25, 0.3) is 0 Å². The Kier molecular flexibility index (Phi) is 4.44. The first-order valence-electron chi connectivity index (χ1n) is 5.74. The summed E-state index contributed by atoms with van der Waals surface area (Å²) >= 11 is 0. The van der Waals surface area contributed by atoms with Gasteiger partial charge in [-0.05, 0) is 27.2 Å². The molecule has 1 atom stereocenters. The molecule has 0 aliphatic carbocycles. The summed E-state index contributed by atoms with van der Waals surface area (Å²) in [5, 5.41) is 20.7. The van der Waals surface area contributed by atoms with Crippen molar-refractivity contribution in [3.05, 3.63) is 11.9 Å². The lowest BCUT2D eigenvalue weighted by Crippen LogP contribution is -2.26. The highest BCUT2D eigenvalue weighted by Crippen LogP contribution is 2.11. The molecule has 0 saturated heterocycles. The molecule has 2 N–H and O–H groups in total. The van der Waals surface area contributed by atoms with Crippen molar-refractivity contribution >= 4 is 0 Å². The molecule has 0 bridgehead atoms. The molecule has 0 aliphatic rings. The van der Waals surface area contributed by atoms with Gasteiger partial charge in [-0.2, -0.15) is 0 Å². The summed E-state index contributed by atoms with van der Waals surface area (Å²) in [4.78, 5) is 0. The number of nitrogens with one attached hydrogen (secondary N) is 1. The summed E-state index contributed by atoms with van der Waals surface area (Å²) in [5.74, 6) is 0. The third-order valence-corrected chi connectivity index (χ3v) is 2.39. The molecule has 0 aromatic carbocycles. The molecule has 1 unspecified atom stereocenters. The van der Waals surface area contributed by atoms with E-state index in [2.05, 4.69) is 36.4 Å². The highest BCUT2D eigenvalue weighted by Gasteiger charge is 2.14.